The van der Waals surface area contributed by atoms with Crippen LogP contribution in [0.1, 0.15) is 34.6 Å². The first-order valence-corrected chi connectivity index (χ1v) is 6.64. The van der Waals surface area contributed by atoms with Crippen LogP contribution in [0.2, 0.25) is 0 Å². The minimum atomic E-state index is -0.999. The van der Waals surface area contributed by atoms with E-state index in [4.69, 9.17) is 4.84 Å². The molecule has 0 N–H and O–H groups in total. The molecule has 1 saturated carbocycles. The molecule has 2 aromatic rings. The fourth-order valence-corrected chi connectivity index (χ4v) is 1.69. The number of hydrogen-bond acceptors (Lipinski definition) is 5. The van der Waals surface area contributed by atoms with Crippen LogP contribution in [-0.4, -0.2) is 28.1 Å². The maximum Gasteiger partial charge on any atom is 0.182 e. The van der Waals surface area contributed by atoms with Crippen LogP contribution >= 0.6 is 0 Å². The summed E-state index contributed by atoms with van der Waals surface area (Å²) in [5, 5.41) is 3.97. The predicted octanol–water partition coefficient (Wildman–Crippen LogP) is 2.50. The van der Waals surface area contributed by atoms with Gasteiger partial charge >= 0.3 is 0 Å². The minimum Gasteiger partial charge on any atom is -0.392 e. The molecule has 1 heterocycles. The SMILES string of the molecule is O=Cc1cnc(/C(=N/OC2CC2)c2ccc(F)c(F)c2)nc1. The molecule has 0 amide bonds. The second-order valence-corrected chi connectivity index (χ2v) is 4.83. The molecule has 112 valence electrons. The van der Waals surface area contributed by atoms with E-state index in [1.807, 2.05) is 0 Å². The molecule has 0 unspecified atom stereocenters. The van der Waals surface area contributed by atoms with E-state index >= 15 is 0 Å². The highest BCUT2D eigenvalue weighted by Gasteiger charge is 2.24. The van der Waals surface area contributed by atoms with Crippen LogP contribution in [0.15, 0.2) is 35.7 Å². The Labute approximate surface area is 124 Å². The van der Waals surface area contributed by atoms with Crippen molar-refractivity contribution in [1.29, 1.82) is 0 Å². The van der Waals surface area contributed by atoms with Crippen LogP contribution < -0.4 is 0 Å². The highest BCUT2D eigenvalue weighted by atomic mass is 19.2. The van der Waals surface area contributed by atoms with Gasteiger partial charge in [0.1, 0.15) is 6.10 Å². The van der Waals surface area contributed by atoms with Crippen molar-refractivity contribution in [1.82, 2.24) is 9.97 Å². The van der Waals surface area contributed by atoms with Crippen LogP contribution in [0.5, 0.6) is 0 Å². The number of carbonyl (C=O) groups is 1. The second-order valence-electron chi connectivity index (χ2n) is 4.83. The zero-order valence-corrected chi connectivity index (χ0v) is 11.4. The lowest BCUT2D eigenvalue weighted by Gasteiger charge is -2.06. The number of oxime groups is 1. The number of halogens is 2. The molecule has 1 aliphatic rings. The molecule has 0 atom stereocenters. The summed E-state index contributed by atoms with van der Waals surface area (Å²) in [4.78, 5) is 23.9. The van der Waals surface area contributed by atoms with E-state index in [2.05, 4.69) is 15.1 Å². The average Bonchev–Trinajstić information content (AvgIpc) is 3.36. The Bertz CT molecular complexity index is 728. The van der Waals surface area contributed by atoms with Gasteiger partial charge in [0.2, 0.25) is 0 Å². The summed E-state index contributed by atoms with van der Waals surface area (Å²) in [6.45, 7) is 0. The van der Waals surface area contributed by atoms with E-state index in [9.17, 15) is 13.6 Å². The molecule has 22 heavy (non-hydrogen) atoms. The lowest BCUT2D eigenvalue weighted by molar-refractivity contribution is 0.112. The number of hydrogen-bond donors (Lipinski definition) is 0. The van der Waals surface area contributed by atoms with Gasteiger partial charge in [-0.25, -0.2) is 18.7 Å². The van der Waals surface area contributed by atoms with Gasteiger partial charge in [0.05, 0.1) is 5.56 Å². The molecule has 0 saturated heterocycles. The molecule has 1 aromatic heterocycles. The number of rotatable bonds is 5. The molecular formula is C15H11F2N3O2. The van der Waals surface area contributed by atoms with Crippen LogP contribution in [0, 0.1) is 11.6 Å². The molecule has 0 aliphatic heterocycles. The number of benzene rings is 1. The third-order valence-corrected chi connectivity index (χ3v) is 3.03. The normalized spacial score (nSPS) is 14.7. The van der Waals surface area contributed by atoms with Crippen LogP contribution in [0.3, 0.4) is 0 Å². The largest absolute Gasteiger partial charge is 0.392 e. The van der Waals surface area contributed by atoms with E-state index in [0.29, 0.717) is 17.4 Å². The summed E-state index contributed by atoms with van der Waals surface area (Å²) in [6.07, 6.45) is 5.09. The van der Waals surface area contributed by atoms with Crippen molar-refractivity contribution >= 4 is 12.0 Å². The topological polar surface area (TPSA) is 64.4 Å². The van der Waals surface area contributed by atoms with Gasteiger partial charge in [0.15, 0.2) is 29.5 Å². The van der Waals surface area contributed by atoms with Crippen molar-refractivity contribution in [2.45, 2.75) is 18.9 Å². The van der Waals surface area contributed by atoms with E-state index in [-0.39, 0.29) is 17.6 Å². The first kappa shape index (κ1) is 14.2. The summed E-state index contributed by atoms with van der Waals surface area (Å²) in [5.74, 6) is -1.79. The molecule has 1 fully saturated rings. The summed E-state index contributed by atoms with van der Waals surface area (Å²) in [7, 11) is 0. The maximum atomic E-state index is 13.4. The monoisotopic (exact) mass is 303 g/mol. The fourth-order valence-electron chi connectivity index (χ4n) is 1.69. The number of aldehydes is 1. The molecule has 1 aliphatic carbocycles. The van der Waals surface area contributed by atoms with Crippen molar-refractivity contribution in [3.05, 3.63) is 59.2 Å². The third-order valence-electron chi connectivity index (χ3n) is 3.03. The van der Waals surface area contributed by atoms with Crippen LogP contribution in [0.25, 0.3) is 0 Å². The van der Waals surface area contributed by atoms with Crippen LogP contribution in [-0.2, 0) is 4.84 Å². The number of aromatic nitrogens is 2. The quantitative estimate of drug-likeness (QED) is 0.483. The lowest BCUT2D eigenvalue weighted by Crippen LogP contribution is -2.11. The predicted molar refractivity (Wildman–Crippen MR) is 73.5 cm³/mol. The Hall–Kier alpha value is -2.70. The van der Waals surface area contributed by atoms with E-state index in [1.54, 1.807) is 0 Å². The zero-order valence-electron chi connectivity index (χ0n) is 11.4. The first-order chi connectivity index (χ1) is 10.7. The van der Waals surface area contributed by atoms with Crippen molar-refractivity contribution in [2.24, 2.45) is 5.16 Å². The van der Waals surface area contributed by atoms with Gasteiger partial charge in [-0.3, -0.25) is 4.79 Å². The molecule has 3 rings (SSSR count). The lowest BCUT2D eigenvalue weighted by atomic mass is 10.1. The summed E-state index contributed by atoms with van der Waals surface area (Å²) in [5.41, 5.74) is 0.776. The van der Waals surface area contributed by atoms with Gasteiger partial charge < -0.3 is 4.84 Å². The molecular weight excluding hydrogens is 292 g/mol. The fraction of sp³-hybridized carbons (Fsp3) is 0.200. The Morgan fingerprint density at radius 3 is 2.55 bits per heavy atom. The molecule has 1 aromatic carbocycles. The summed E-state index contributed by atoms with van der Waals surface area (Å²) >= 11 is 0. The first-order valence-electron chi connectivity index (χ1n) is 6.64. The highest BCUT2D eigenvalue weighted by Crippen LogP contribution is 2.24. The summed E-state index contributed by atoms with van der Waals surface area (Å²) in [6, 6.07) is 3.36. The van der Waals surface area contributed by atoms with E-state index in [0.717, 1.165) is 25.0 Å². The van der Waals surface area contributed by atoms with Gasteiger partial charge in [-0.1, -0.05) is 5.16 Å². The maximum absolute atomic E-state index is 13.4. The van der Waals surface area contributed by atoms with Crippen molar-refractivity contribution in [3.8, 4) is 0 Å². The molecule has 0 spiro atoms. The smallest absolute Gasteiger partial charge is 0.182 e. The van der Waals surface area contributed by atoms with Crippen molar-refractivity contribution in [2.75, 3.05) is 0 Å². The Balaban J connectivity index is 1.99. The van der Waals surface area contributed by atoms with Crippen molar-refractivity contribution in [3.63, 3.8) is 0 Å². The van der Waals surface area contributed by atoms with Gasteiger partial charge in [0.25, 0.3) is 0 Å². The second kappa shape index (κ2) is 5.97. The molecule has 7 heteroatoms. The zero-order chi connectivity index (χ0) is 15.5. The van der Waals surface area contributed by atoms with E-state index in [1.165, 1.54) is 18.5 Å². The van der Waals surface area contributed by atoms with Crippen molar-refractivity contribution < 1.29 is 18.4 Å². The molecule has 5 nitrogen and oxygen atoms in total. The molecule has 0 radical (unpaired) electrons. The van der Waals surface area contributed by atoms with Gasteiger partial charge in [-0.2, -0.15) is 0 Å². The Morgan fingerprint density at radius 1 is 1.23 bits per heavy atom. The van der Waals surface area contributed by atoms with Crippen LogP contribution in [0.4, 0.5) is 8.78 Å². The van der Waals surface area contributed by atoms with Gasteiger partial charge in [-0.05, 0) is 31.0 Å². The standard InChI is InChI=1S/C15H11F2N3O2/c16-12-4-1-10(5-13(12)17)14(20-22-11-2-3-11)15-18-6-9(8-21)7-19-15/h1,4-8,11H,2-3H2/b20-14+. The minimum absolute atomic E-state index is 0.0366. The van der Waals surface area contributed by atoms with Gasteiger partial charge in [0, 0.05) is 18.0 Å². The third kappa shape index (κ3) is 3.13. The Kier molecular flexibility index (Phi) is 3.86. The number of nitrogens with zero attached hydrogens (tertiary/aromatic N) is 3. The highest BCUT2D eigenvalue weighted by molar-refractivity contribution is 6.10. The Morgan fingerprint density at radius 2 is 1.95 bits per heavy atom. The number of carbonyl (C=O) groups excluding carboxylic acids is 1. The average molecular weight is 303 g/mol. The van der Waals surface area contributed by atoms with E-state index < -0.39 is 11.6 Å². The van der Waals surface area contributed by atoms with Gasteiger partial charge in [-0.15, -0.1) is 0 Å². The summed E-state index contributed by atoms with van der Waals surface area (Å²) < 4.78 is 26.5. The molecule has 0 bridgehead atoms.